The molecule has 0 fully saturated rings. The lowest BCUT2D eigenvalue weighted by Crippen LogP contribution is -2.09. The van der Waals surface area contributed by atoms with E-state index in [1.807, 2.05) is 43.3 Å². The number of ether oxygens (including phenoxy) is 1. The second-order valence-corrected chi connectivity index (χ2v) is 8.58. The molecule has 1 N–H and O–H groups in total. The Labute approximate surface area is 162 Å². The SMILES string of the molecule is Cc1cc(-c2cc(S(C)(=O)=O)ccc2Oc2ccccc2)n2cc[nH]c(=O)c12. The number of nitrogens with zero attached hydrogens (tertiary/aromatic N) is 1. The first-order valence-electron chi connectivity index (χ1n) is 8.61. The van der Waals surface area contributed by atoms with E-state index in [2.05, 4.69) is 4.98 Å². The predicted octanol–water partition coefficient (Wildman–Crippen LogP) is 3.80. The highest BCUT2D eigenvalue weighted by Crippen LogP contribution is 2.36. The van der Waals surface area contributed by atoms with Gasteiger partial charge in [-0.2, -0.15) is 0 Å². The van der Waals surface area contributed by atoms with Gasteiger partial charge in [-0.05, 0) is 48.9 Å². The standard InChI is InChI=1S/C21H18N2O4S/c1-14-12-18(23-11-10-22-21(24)20(14)23)17-13-16(28(2,25)26)8-9-19(17)27-15-6-4-3-5-7-15/h3-13H,1-2H3,(H,22,24). The zero-order chi connectivity index (χ0) is 19.9. The van der Waals surface area contributed by atoms with Crippen molar-refractivity contribution in [1.82, 2.24) is 9.38 Å². The molecule has 4 rings (SSSR count). The van der Waals surface area contributed by atoms with Gasteiger partial charge in [0.15, 0.2) is 9.84 Å². The number of hydrogen-bond donors (Lipinski definition) is 1. The minimum Gasteiger partial charge on any atom is -0.457 e. The summed E-state index contributed by atoms with van der Waals surface area (Å²) in [5.74, 6) is 1.13. The minimum absolute atomic E-state index is 0.181. The molecule has 6 nitrogen and oxygen atoms in total. The molecule has 0 aliphatic carbocycles. The van der Waals surface area contributed by atoms with Gasteiger partial charge in [0.1, 0.15) is 17.0 Å². The highest BCUT2D eigenvalue weighted by Gasteiger charge is 2.18. The second-order valence-electron chi connectivity index (χ2n) is 6.57. The average molecular weight is 394 g/mol. The molecule has 2 aromatic heterocycles. The third-order valence-corrected chi connectivity index (χ3v) is 5.62. The first kappa shape index (κ1) is 18.1. The molecule has 2 heterocycles. The summed E-state index contributed by atoms with van der Waals surface area (Å²) in [5.41, 5.74) is 2.34. The molecule has 0 radical (unpaired) electrons. The van der Waals surface area contributed by atoms with Crippen LogP contribution in [-0.4, -0.2) is 24.1 Å². The number of sulfone groups is 1. The summed E-state index contributed by atoms with van der Waals surface area (Å²) in [4.78, 5) is 15.1. The van der Waals surface area contributed by atoms with E-state index in [0.29, 0.717) is 28.3 Å². The first-order chi connectivity index (χ1) is 13.3. The molecule has 0 saturated carbocycles. The molecule has 142 valence electrons. The number of benzene rings is 2. The monoisotopic (exact) mass is 394 g/mol. The van der Waals surface area contributed by atoms with Crippen molar-refractivity contribution in [2.75, 3.05) is 6.26 Å². The van der Waals surface area contributed by atoms with E-state index >= 15 is 0 Å². The fourth-order valence-electron chi connectivity index (χ4n) is 3.20. The van der Waals surface area contributed by atoms with Crippen LogP contribution in [0.2, 0.25) is 0 Å². The number of aryl methyl sites for hydroxylation is 1. The van der Waals surface area contributed by atoms with E-state index in [4.69, 9.17) is 4.74 Å². The molecule has 0 spiro atoms. The summed E-state index contributed by atoms with van der Waals surface area (Å²) in [6, 6.07) is 15.8. The zero-order valence-corrected chi connectivity index (χ0v) is 16.2. The van der Waals surface area contributed by atoms with Crippen LogP contribution in [0.15, 0.2) is 76.7 Å². The van der Waals surface area contributed by atoms with E-state index in [1.54, 1.807) is 28.9 Å². The lowest BCUT2D eigenvalue weighted by atomic mass is 10.1. The fraction of sp³-hybridized carbons (Fsp3) is 0.0952. The Bertz CT molecular complexity index is 1340. The minimum atomic E-state index is -3.41. The van der Waals surface area contributed by atoms with Gasteiger partial charge in [-0.15, -0.1) is 0 Å². The zero-order valence-electron chi connectivity index (χ0n) is 15.3. The van der Waals surface area contributed by atoms with Gasteiger partial charge in [-0.1, -0.05) is 18.2 Å². The lowest BCUT2D eigenvalue weighted by Gasteiger charge is -2.13. The van der Waals surface area contributed by atoms with Crippen molar-refractivity contribution in [3.8, 4) is 22.8 Å². The molecule has 0 saturated heterocycles. The maximum absolute atomic E-state index is 12.2. The Kier molecular flexibility index (Phi) is 4.31. The van der Waals surface area contributed by atoms with Gasteiger partial charge in [-0.25, -0.2) is 8.42 Å². The number of aromatic amines is 1. The molecular formula is C21H18N2O4S. The van der Waals surface area contributed by atoms with E-state index < -0.39 is 9.84 Å². The van der Waals surface area contributed by atoms with E-state index in [0.717, 1.165) is 11.8 Å². The van der Waals surface area contributed by atoms with Gasteiger partial charge >= 0.3 is 0 Å². The number of H-pyrrole nitrogens is 1. The van der Waals surface area contributed by atoms with Gasteiger partial charge < -0.3 is 14.1 Å². The van der Waals surface area contributed by atoms with Gasteiger partial charge in [0, 0.05) is 24.2 Å². The molecule has 0 aliphatic rings. The predicted molar refractivity (Wildman–Crippen MR) is 108 cm³/mol. The number of aromatic nitrogens is 2. The van der Waals surface area contributed by atoms with Gasteiger partial charge in [0.05, 0.1) is 10.6 Å². The van der Waals surface area contributed by atoms with Crippen molar-refractivity contribution in [3.63, 3.8) is 0 Å². The van der Waals surface area contributed by atoms with Crippen molar-refractivity contribution in [1.29, 1.82) is 0 Å². The Morgan fingerprint density at radius 2 is 1.79 bits per heavy atom. The number of hydrogen-bond acceptors (Lipinski definition) is 4. The Balaban J connectivity index is 1.99. The van der Waals surface area contributed by atoms with Crippen LogP contribution >= 0.6 is 0 Å². The van der Waals surface area contributed by atoms with Crippen LogP contribution in [0.5, 0.6) is 11.5 Å². The van der Waals surface area contributed by atoms with E-state index in [-0.39, 0.29) is 10.5 Å². The number of para-hydroxylation sites is 1. The molecule has 28 heavy (non-hydrogen) atoms. The van der Waals surface area contributed by atoms with Crippen LogP contribution in [0, 0.1) is 6.92 Å². The lowest BCUT2D eigenvalue weighted by molar-refractivity contribution is 0.484. The number of rotatable bonds is 4. The molecule has 2 aromatic carbocycles. The molecule has 7 heteroatoms. The van der Waals surface area contributed by atoms with Crippen molar-refractivity contribution < 1.29 is 13.2 Å². The molecule has 0 amide bonds. The summed E-state index contributed by atoms with van der Waals surface area (Å²) in [5, 5.41) is 0. The maximum Gasteiger partial charge on any atom is 0.272 e. The number of nitrogens with one attached hydrogen (secondary N) is 1. The molecule has 0 bridgehead atoms. The third kappa shape index (κ3) is 3.20. The van der Waals surface area contributed by atoms with Crippen LogP contribution < -0.4 is 10.3 Å². The van der Waals surface area contributed by atoms with Crippen molar-refractivity contribution >= 4 is 15.4 Å². The molecule has 4 aromatic rings. The summed E-state index contributed by atoms with van der Waals surface area (Å²) in [6.45, 7) is 1.84. The maximum atomic E-state index is 12.2. The van der Waals surface area contributed by atoms with Crippen LogP contribution in [0.25, 0.3) is 16.8 Å². The smallest absolute Gasteiger partial charge is 0.272 e. The molecular weight excluding hydrogens is 376 g/mol. The highest BCUT2D eigenvalue weighted by molar-refractivity contribution is 7.90. The molecule has 0 atom stereocenters. The van der Waals surface area contributed by atoms with Crippen LogP contribution in [0.3, 0.4) is 0 Å². The van der Waals surface area contributed by atoms with Crippen LogP contribution in [0.4, 0.5) is 0 Å². The third-order valence-electron chi connectivity index (χ3n) is 4.51. The normalized spacial score (nSPS) is 11.6. The van der Waals surface area contributed by atoms with E-state index in [1.165, 1.54) is 6.07 Å². The summed E-state index contributed by atoms with van der Waals surface area (Å²) >= 11 is 0. The Morgan fingerprint density at radius 3 is 2.50 bits per heavy atom. The fourth-order valence-corrected chi connectivity index (χ4v) is 3.85. The van der Waals surface area contributed by atoms with E-state index in [9.17, 15) is 13.2 Å². The summed E-state index contributed by atoms with van der Waals surface area (Å²) in [7, 11) is -3.41. The van der Waals surface area contributed by atoms with Gasteiger partial charge in [-0.3, -0.25) is 4.79 Å². The summed E-state index contributed by atoms with van der Waals surface area (Å²) in [6.07, 6.45) is 4.45. The molecule has 0 unspecified atom stereocenters. The highest BCUT2D eigenvalue weighted by atomic mass is 32.2. The van der Waals surface area contributed by atoms with Crippen LogP contribution in [0.1, 0.15) is 5.56 Å². The largest absolute Gasteiger partial charge is 0.457 e. The summed E-state index contributed by atoms with van der Waals surface area (Å²) < 4.78 is 32.0. The topological polar surface area (TPSA) is 80.6 Å². The second kappa shape index (κ2) is 6.69. The van der Waals surface area contributed by atoms with Crippen molar-refractivity contribution in [2.45, 2.75) is 11.8 Å². The molecule has 0 aliphatic heterocycles. The van der Waals surface area contributed by atoms with Crippen LogP contribution in [-0.2, 0) is 9.84 Å². The first-order valence-corrected chi connectivity index (χ1v) is 10.5. The van der Waals surface area contributed by atoms with Crippen molar-refractivity contribution in [2.24, 2.45) is 0 Å². The van der Waals surface area contributed by atoms with Gasteiger partial charge in [0.25, 0.3) is 5.56 Å². The Hall–Kier alpha value is -3.32. The average Bonchev–Trinajstić information content (AvgIpc) is 3.00. The van der Waals surface area contributed by atoms with Gasteiger partial charge in [0.2, 0.25) is 0 Å². The number of fused-ring (bicyclic) bond motifs is 1. The quantitative estimate of drug-likeness (QED) is 0.571. The Morgan fingerprint density at radius 1 is 1.04 bits per heavy atom. The van der Waals surface area contributed by atoms with Crippen molar-refractivity contribution in [3.05, 3.63) is 82.9 Å².